The summed E-state index contributed by atoms with van der Waals surface area (Å²) in [6, 6.07) is 9.62. The van der Waals surface area contributed by atoms with E-state index in [2.05, 4.69) is 5.32 Å². The lowest BCUT2D eigenvalue weighted by atomic mass is 10.1. The van der Waals surface area contributed by atoms with Crippen LogP contribution in [0.25, 0.3) is 0 Å². The Labute approximate surface area is 199 Å². The Morgan fingerprint density at radius 1 is 1.09 bits per heavy atom. The molecule has 0 aromatic heterocycles. The van der Waals surface area contributed by atoms with Gasteiger partial charge in [-0.1, -0.05) is 23.7 Å². The molecule has 1 N–H and O–H groups in total. The van der Waals surface area contributed by atoms with Crippen molar-refractivity contribution >= 4 is 29.1 Å². The number of nitrogens with one attached hydrogen (secondary N) is 1. The van der Waals surface area contributed by atoms with Crippen molar-refractivity contribution in [2.45, 2.75) is 25.2 Å². The second-order valence-electron chi connectivity index (χ2n) is 8.08. The van der Waals surface area contributed by atoms with Crippen molar-refractivity contribution in [1.82, 2.24) is 9.80 Å². The number of piperazine rings is 1. The molecular formula is C23H23ClF3N3O4. The quantitative estimate of drug-likeness (QED) is 0.698. The lowest BCUT2D eigenvalue weighted by molar-refractivity contribution is -0.143. The molecule has 1 fully saturated rings. The molecule has 0 radical (unpaired) electrons. The lowest BCUT2D eigenvalue weighted by Gasteiger charge is -2.39. The Morgan fingerprint density at radius 3 is 2.44 bits per heavy atom. The van der Waals surface area contributed by atoms with Gasteiger partial charge in [0.1, 0.15) is 6.61 Å². The number of rotatable bonds is 4. The van der Waals surface area contributed by atoms with Gasteiger partial charge in [-0.05, 0) is 37.3 Å². The molecule has 2 atom stereocenters. The number of para-hydroxylation sites is 2. The first-order valence-electron chi connectivity index (χ1n) is 10.7. The van der Waals surface area contributed by atoms with Crippen LogP contribution in [-0.2, 0) is 15.8 Å². The zero-order chi connectivity index (χ0) is 24.5. The largest absolute Gasteiger partial charge is 0.485 e. The fraction of sp³-hybridized carbons (Fsp3) is 0.391. The third-order valence-corrected chi connectivity index (χ3v) is 6.12. The number of hydrogen-bond acceptors (Lipinski definition) is 5. The molecule has 2 aliphatic rings. The maximum absolute atomic E-state index is 13.3. The van der Waals surface area contributed by atoms with Gasteiger partial charge < -0.3 is 19.7 Å². The third-order valence-electron chi connectivity index (χ3n) is 5.88. The molecule has 2 aromatic carbocycles. The van der Waals surface area contributed by atoms with Gasteiger partial charge in [0.15, 0.2) is 11.5 Å². The highest BCUT2D eigenvalue weighted by molar-refractivity contribution is 6.30. The number of alkyl halides is 3. The van der Waals surface area contributed by atoms with Gasteiger partial charge in [-0.15, -0.1) is 0 Å². The molecular weight excluding hydrogens is 475 g/mol. The summed E-state index contributed by atoms with van der Waals surface area (Å²) in [5.74, 6) is 0.317. The maximum atomic E-state index is 13.3. The van der Waals surface area contributed by atoms with E-state index in [0.29, 0.717) is 37.7 Å². The molecule has 0 bridgehead atoms. The summed E-state index contributed by atoms with van der Waals surface area (Å²) in [7, 11) is 0. The first-order chi connectivity index (χ1) is 16.1. The zero-order valence-corrected chi connectivity index (χ0v) is 19.0. The Hall–Kier alpha value is -2.98. The number of carbonyl (C=O) groups is 2. The second-order valence-corrected chi connectivity index (χ2v) is 8.51. The lowest BCUT2D eigenvalue weighted by Crippen LogP contribution is -2.57. The zero-order valence-electron chi connectivity index (χ0n) is 18.3. The smallest absolute Gasteiger partial charge is 0.418 e. The van der Waals surface area contributed by atoms with Crippen LogP contribution < -0.4 is 14.8 Å². The minimum absolute atomic E-state index is 0.0741. The summed E-state index contributed by atoms with van der Waals surface area (Å²) in [6.07, 6.45) is -5.42. The van der Waals surface area contributed by atoms with Crippen LogP contribution in [0.15, 0.2) is 42.5 Å². The minimum atomic E-state index is -4.66. The van der Waals surface area contributed by atoms with Gasteiger partial charge in [0.2, 0.25) is 12.0 Å². The second kappa shape index (κ2) is 9.71. The number of ether oxygens (including phenoxy) is 2. The molecule has 34 heavy (non-hydrogen) atoms. The highest BCUT2D eigenvalue weighted by Gasteiger charge is 2.36. The van der Waals surface area contributed by atoms with E-state index in [0.717, 1.165) is 12.1 Å². The van der Waals surface area contributed by atoms with E-state index >= 15 is 0 Å². The Morgan fingerprint density at radius 2 is 1.76 bits per heavy atom. The van der Waals surface area contributed by atoms with E-state index < -0.39 is 29.8 Å². The molecule has 2 aliphatic heterocycles. The van der Waals surface area contributed by atoms with E-state index in [1.54, 1.807) is 30.0 Å². The van der Waals surface area contributed by atoms with Crippen LogP contribution in [0.5, 0.6) is 11.5 Å². The van der Waals surface area contributed by atoms with E-state index in [-0.39, 0.29) is 23.2 Å². The Bertz CT molecular complexity index is 1070. The summed E-state index contributed by atoms with van der Waals surface area (Å²) in [6.45, 7) is 3.20. The Kier molecular flexibility index (Phi) is 6.90. The highest BCUT2D eigenvalue weighted by Crippen LogP contribution is 2.36. The number of nitrogens with zero attached hydrogens (tertiary/aromatic N) is 2. The molecule has 182 valence electrons. The van der Waals surface area contributed by atoms with E-state index in [1.807, 2.05) is 11.0 Å². The van der Waals surface area contributed by atoms with Gasteiger partial charge in [0, 0.05) is 31.2 Å². The van der Waals surface area contributed by atoms with E-state index in [1.165, 1.54) is 6.07 Å². The molecule has 2 heterocycles. The van der Waals surface area contributed by atoms with Crippen molar-refractivity contribution in [3.63, 3.8) is 0 Å². The highest BCUT2D eigenvalue weighted by atomic mass is 35.5. The summed E-state index contributed by atoms with van der Waals surface area (Å²) in [5.41, 5.74) is -1.36. The monoisotopic (exact) mass is 497 g/mol. The van der Waals surface area contributed by atoms with Gasteiger partial charge in [0.25, 0.3) is 5.91 Å². The van der Waals surface area contributed by atoms with Gasteiger partial charge in [-0.25, -0.2) is 0 Å². The van der Waals surface area contributed by atoms with Crippen molar-refractivity contribution in [1.29, 1.82) is 0 Å². The summed E-state index contributed by atoms with van der Waals surface area (Å²) >= 11 is 5.69. The summed E-state index contributed by atoms with van der Waals surface area (Å²) in [4.78, 5) is 29.0. The Balaban J connectivity index is 1.33. The molecule has 2 unspecified atom stereocenters. The van der Waals surface area contributed by atoms with Crippen LogP contribution in [0.2, 0.25) is 5.02 Å². The topological polar surface area (TPSA) is 71.1 Å². The first kappa shape index (κ1) is 24.2. The average Bonchev–Trinajstić information content (AvgIpc) is 2.83. The van der Waals surface area contributed by atoms with Crippen molar-refractivity contribution in [2.24, 2.45) is 0 Å². The van der Waals surface area contributed by atoms with Crippen LogP contribution in [0.4, 0.5) is 18.9 Å². The number of hydrogen-bond donors (Lipinski definition) is 1. The predicted octanol–water partition coefficient (Wildman–Crippen LogP) is 3.67. The van der Waals surface area contributed by atoms with Gasteiger partial charge in [-0.3, -0.25) is 14.5 Å². The standard InChI is InChI=1S/C23H23ClF3N3O4/c1-14(21(31)28-17-7-6-15(24)12-16(17)23(25,26)27)29-8-10-30(11-9-29)22(32)20-13-33-18-4-2-3-5-19(18)34-20/h2-7,12,14,20H,8-11,13H2,1H3,(H,28,31). The number of halogens is 4. The number of amides is 2. The van der Waals surface area contributed by atoms with Crippen molar-refractivity contribution in [3.8, 4) is 11.5 Å². The van der Waals surface area contributed by atoms with Crippen LogP contribution in [0, 0.1) is 0 Å². The van der Waals surface area contributed by atoms with Gasteiger partial charge >= 0.3 is 6.18 Å². The molecule has 2 aromatic rings. The molecule has 0 saturated carbocycles. The van der Waals surface area contributed by atoms with E-state index in [4.69, 9.17) is 21.1 Å². The van der Waals surface area contributed by atoms with Crippen LogP contribution in [0.3, 0.4) is 0 Å². The minimum Gasteiger partial charge on any atom is -0.485 e. The first-order valence-corrected chi connectivity index (χ1v) is 11.1. The number of carbonyl (C=O) groups excluding carboxylic acids is 2. The van der Waals surface area contributed by atoms with Crippen molar-refractivity contribution in [3.05, 3.63) is 53.1 Å². The average molecular weight is 498 g/mol. The predicted molar refractivity (Wildman–Crippen MR) is 119 cm³/mol. The van der Waals surface area contributed by atoms with Gasteiger partial charge in [0.05, 0.1) is 17.3 Å². The van der Waals surface area contributed by atoms with Crippen molar-refractivity contribution < 1.29 is 32.2 Å². The number of fused-ring (bicyclic) bond motifs is 1. The SMILES string of the molecule is CC(C(=O)Nc1ccc(Cl)cc1C(F)(F)F)N1CCN(C(=O)C2COc3ccccc3O2)CC1. The normalized spacial score (nSPS) is 19.4. The molecule has 0 spiro atoms. The fourth-order valence-electron chi connectivity index (χ4n) is 3.94. The third kappa shape index (κ3) is 5.23. The van der Waals surface area contributed by atoms with Crippen LogP contribution in [-0.4, -0.2) is 66.5 Å². The van der Waals surface area contributed by atoms with Gasteiger partial charge in [-0.2, -0.15) is 13.2 Å². The molecule has 11 heteroatoms. The summed E-state index contributed by atoms with van der Waals surface area (Å²) in [5, 5.41) is 2.29. The maximum Gasteiger partial charge on any atom is 0.418 e. The van der Waals surface area contributed by atoms with Crippen molar-refractivity contribution in [2.75, 3.05) is 38.1 Å². The molecule has 2 amide bonds. The van der Waals surface area contributed by atoms with E-state index in [9.17, 15) is 22.8 Å². The van der Waals surface area contributed by atoms with Crippen LogP contribution in [0.1, 0.15) is 12.5 Å². The summed E-state index contributed by atoms with van der Waals surface area (Å²) < 4.78 is 51.3. The molecule has 7 nitrogen and oxygen atoms in total. The molecule has 1 saturated heterocycles. The molecule has 0 aliphatic carbocycles. The number of anilines is 1. The van der Waals surface area contributed by atoms with Crippen LogP contribution >= 0.6 is 11.6 Å². The molecule has 4 rings (SSSR count). The number of benzene rings is 2. The fourth-order valence-corrected chi connectivity index (χ4v) is 4.11.